The van der Waals surface area contributed by atoms with Crippen molar-refractivity contribution in [2.45, 2.75) is 0 Å². The van der Waals surface area contributed by atoms with Crippen LogP contribution in [0.3, 0.4) is 0 Å². The first-order chi connectivity index (χ1) is 12.8. The number of para-hydroxylation sites is 1. The zero-order valence-electron chi connectivity index (χ0n) is 13.9. The molecule has 26 heavy (non-hydrogen) atoms. The van der Waals surface area contributed by atoms with Crippen LogP contribution < -0.4 is 14.8 Å². The van der Waals surface area contributed by atoms with Crippen molar-refractivity contribution >= 4 is 28.4 Å². The lowest BCUT2D eigenvalue weighted by Gasteiger charge is -2.02. The normalized spacial score (nSPS) is 12.3. The highest BCUT2D eigenvalue weighted by molar-refractivity contribution is 7.15. The second-order valence-electron chi connectivity index (χ2n) is 5.41. The summed E-state index contributed by atoms with van der Waals surface area (Å²) in [6.07, 6.45) is 8.84. The smallest absolute Gasteiger partial charge is 0.291 e. The van der Waals surface area contributed by atoms with Crippen LogP contribution in [0.2, 0.25) is 0 Å². The molecule has 1 aromatic carbocycles. The summed E-state index contributed by atoms with van der Waals surface area (Å²) in [6.45, 7) is 0. The third-order valence-electron chi connectivity index (χ3n) is 3.76. The Hall–Kier alpha value is -3.32. The van der Waals surface area contributed by atoms with Gasteiger partial charge in [-0.2, -0.15) is 9.50 Å². The van der Waals surface area contributed by atoms with Gasteiger partial charge in [0.1, 0.15) is 5.75 Å². The number of allylic oxidation sites excluding steroid dienone is 1. The zero-order chi connectivity index (χ0) is 17.9. The maximum absolute atomic E-state index is 12.5. The summed E-state index contributed by atoms with van der Waals surface area (Å²) >= 11 is 1.30. The number of rotatable bonds is 4. The van der Waals surface area contributed by atoms with E-state index in [0.29, 0.717) is 15.3 Å². The highest BCUT2D eigenvalue weighted by atomic mass is 32.1. The number of thiazole rings is 1. The van der Waals surface area contributed by atoms with Crippen LogP contribution >= 0.6 is 11.3 Å². The zero-order valence-corrected chi connectivity index (χ0v) is 14.7. The van der Waals surface area contributed by atoms with Gasteiger partial charge in [-0.1, -0.05) is 41.7 Å². The Balaban J connectivity index is 1.68. The van der Waals surface area contributed by atoms with Crippen LogP contribution in [-0.4, -0.2) is 26.7 Å². The maximum atomic E-state index is 12.5. The summed E-state index contributed by atoms with van der Waals surface area (Å²) in [7, 11) is 1.63. The lowest BCUT2D eigenvalue weighted by molar-refractivity contribution is 0.414. The molecule has 0 saturated heterocycles. The van der Waals surface area contributed by atoms with Crippen LogP contribution in [0.5, 0.6) is 5.75 Å². The van der Waals surface area contributed by atoms with Crippen molar-refractivity contribution in [1.29, 1.82) is 0 Å². The Morgan fingerprint density at radius 2 is 2.08 bits per heavy atom. The van der Waals surface area contributed by atoms with Gasteiger partial charge < -0.3 is 4.74 Å². The molecular formula is C19H14N4O2S. The van der Waals surface area contributed by atoms with Gasteiger partial charge in [0.05, 0.1) is 11.6 Å². The Morgan fingerprint density at radius 1 is 1.19 bits per heavy atom. The van der Waals surface area contributed by atoms with Crippen molar-refractivity contribution < 1.29 is 4.74 Å². The van der Waals surface area contributed by atoms with Gasteiger partial charge in [-0.05, 0) is 24.3 Å². The number of benzene rings is 1. The van der Waals surface area contributed by atoms with Crippen LogP contribution in [-0.2, 0) is 0 Å². The van der Waals surface area contributed by atoms with E-state index in [-0.39, 0.29) is 5.56 Å². The van der Waals surface area contributed by atoms with Crippen LogP contribution in [0.25, 0.3) is 28.5 Å². The van der Waals surface area contributed by atoms with Gasteiger partial charge in [-0.25, -0.2) is 0 Å². The minimum Gasteiger partial charge on any atom is -0.496 e. The molecule has 0 bridgehead atoms. The van der Waals surface area contributed by atoms with Crippen LogP contribution in [0.1, 0.15) is 5.56 Å². The van der Waals surface area contributed by atoms with Gasteiger partial charge in [0, 0.05) is 23.5 Å². The molecule has 3 heterocycles. The Morgan fingerprint density at radius 3 is 2.85 bits per heavy atom. The quantitative estimate of drug-likeness (QED) is 0.558. The number of hydrogen-bond donors (Lipinski definition) is 0. The SMILES string of the molecule is COc1ccccc1C=CC=c1sc2nc(-c3cccnc3)nn2c1=O. The van der Waals surface area contributed by atoms with Crippen molar-refractivity contribution in [2.24, 2.45) is 0 Å². The molecule has 3 aromatic heterocycles. The van der Waals surface area contributed by atoms with Gasteiger partial charge in [0.25, 0.3) is 5.56 Å². The average molecular weight is 362 g/mol. The first kappa shape index (κ1) is 16.2. The first-order valence-corrected chi connectivity index (χ1v) is 8.69. The number of hydrogen-bond acceptors (Lipinski definition) is 6. The van der Waals surface area contributed by atoms with Crippen LogP contribution in [0, 0.1) is 0 Å². The van der Waals surface area contributed by atoms with E-state index in [1.54, 1.807) is 25.6 Å². The minimum atomic E-state index is -0.183. The van der Waals surface area contributed by atoms with Gasteiger partial charge in [0.2, 0.25) is 4.96 Å². The Kier molecular flexibility index (Phi) is 4.28. The molecule has 0 unspecified atom stereocenters. The number of fused-ring (bicyclic) bond motifs is 1. The van der Waals surface area contributed by atoms with E-state index in [9.17, 15) is 4.79 Å². The molecule has 0 saturated carbocycles. The molecule has 0 amide bonds. The lowest BCUT2D eigenvalue weighted by Crippen LogP contribution is -2.23. The van der Waals surface area contributed by atoms with E-state index in [0.717, 1.165) is 16.9 Å². The molecule has 0 aliphatic rings. The van der Waals surface area contributed by atoms with E-state index in [2.05, 4.69) is 15.1 Å². The second kappa shape index (κ2) is 6.89. The summed E-state index contributed by atoms with van der Waals surface area (Å²) in [6, 6.07) is 11.4. The number of methoxy groups -OCH3 is 1. The standard InChI is InChI=1S/C19H14N4O2S/c1-25-15-9-3-2-6-13(15)7-4-10-16-18(24)23-19(26-16)21-17(22-23)14-8-5-11-20-12-14/h2-12H,1H3. The molecule has 0 atom stereocenters. The van der Waals surface area contributed by atoms with Crippen molar-refractivity contribution in [3.63, 3.8) is 0 Å². The molecule has 4 rings (SSSR count). The molecule has 0 spiro atoms. The summed E-state index contributed by atoms with van der Waals surface area (Å²) in [5.41, 5.74) is 1.54. The molecule has 7 heteroatoms. The number of pyridine rings is 1. The molecule has 4 aromatic rings. The van der Waals surface area contributed by atoms with Crippen molar-refractivity contribution in [3.05, 3.63) is 75.3 Å². The highest BCUT2D eigenvalue weighted by Gasteiger charge is 2.11. The monoisotopic (exact) mass is 362 g/mol. The Labute approximate surface area is 152 Å². The Bertz CT molecular complexity index is 1200. The predicted octanol–water partition coefficient (Wildman–Crippen LogP) is 2.43. The van der Waals surface area contributed by atoms with E-state index in [1.807, 2.05) is 48.6 Å². The summed E-state index contributed by atoms with van der Waals surface area (Å²) in [5.74, 6) is 1.28. The van der Waals surface area contributed by atoms with Gasteiger partial charge in [0.15, 0.2) is 5.82 Å². The highest BCUT2D eigenvalue weighted by Crippen LogP contribution is 2.18. The molecule has 0 N–H and O–H groups in total. The lowest BCUT2D eigenvalue weighted by atomic mass is 10.2. The van der Waals surface area contributed by atoms with Crippen molar-refractivity contribution in [2.75, 3.05) is 7.11 Å². The van der Waals surface area contributed by atoms with Crippen LogP contribution in [0.15, 0.2) is 59.7 Å². The molecule has 128 valence electrons. The first-order valence-electron chi connectivity index (χ1n) is 7.87. The molecule has 0 fully saturated rings. The van der Waals surface area contributed by atoms with E-state index < -0.39 is 0 Å². The number of ether oxygens (including phenoxy) is 1. The molecule has 0 radical (unpaired) electrons. The third kappa shape index (κ3) is 3.00. The largest absolute Gasteiger partial charge is 0.496 e. The number of nitrogens with zero attached hydrogens (tertiary/aromatic N) is 4. The topological polar surface area (TPSA) is 69.4 Å². The van der Waals surface area contributed by atoms with Gasteiger partial charge >= 0.3 is 0 Å². The molecule has 0 aliphatic heterocycles. The van der Waals surface area contributed by atoms with Crippen molar-refractivity contribution in [1.82, 2.24) is 19.6 Å². The second-order valence-corrected chi connectivity index (χ2v) is 6.42. The maximum Gasteiger partial charge on any atom is 0.291 e. The molecule has 0 aliphatic carbocycles. The third-order valence-corrected chi connectivity index (χ3v) is 4.74. The fourth-order valence-electron chi connectivity index (χ4n) is 2.51. The molecule has 6 nitrogen and oxygen atoms in total. The fraction of sp³-hybridized carbons (Fsp3) is 0.0526. The van der Waals surface area contributed by atoms with E-state index in [1.165, 1.54) is 15.9 Å². The summed E-state index contributed by atoms with van der Waals surface area (Å²) < 4.78 is 7.21. The van der Waals surface area contributed by atoms with Gasteiger partial charge in [-0.15, -0.1) is 5.10 Å². The number of aromatic nitrogens is 4. The van der Waals surface area contributed by atoms with Gasteiger partial charge in [-0.3, -0.25) is 9.78 Å². The minimum absolute atomic E-state index is 0.183. The summed E-state index contributed by atoms with van der Waals surface area (Å²) in [4.78, 5) is 21.5. The average Bonchev–Trinajstić information content (AvgIpc) is 3.23. The van der Waals surface area contributed by atoms with E-state index >= 15 is 0 Å². The van der Waals surface area contributed by atoms with Crippen LogP contribution in [0.4, 0.5) is 0 Å². The fourth-order valence-corrected chi connectivity index (χ4v) is 3.37. The van der Waals surface area contributed by atoms with Crippen molar-refractivity contribution in [3.8, 4) is 17.1 Å². The molecular weight excluding hydrogens is 348 g/mol. The summed E-state index contributed by atoms with van der Waals surface area (Å²) in [5, 5.41) is 4.30. The van der Waals surface area contributed by atoms with E-state index in [4.69, 9.17) is 4.74 Å². The predicted molar refractivity (Wildman–Crippen MR) is 102 cm³/mol.